The quantitative estimate of drug-likeness (QED) is 0.125. The second kappa shape index (κ2) is 18.0. The number of amides is 2. The van der Waals surface area contributed by atoms with Crippen molar-refractivity contribution in [3.63, 3.8) is 0 Å². The number of nitrogens with one attached hydrogen (secondary N) is 2. The Bertz CT molecular complexity index is 1560. The van der Waals surface area contributed by atoms with E-state index in [2.05, 4.69) is 25.6 Å². The monoisotopic (exact) mass is 645 g/mol. The Morgan fingerprint density at radius 3 is 1.96 bits per heavy atom. The number of hydrogen-bond donors (Lipinski definition) is 2. The van der Waals surface area contributed by atoms with Crippen LogP contribution in [0.15, 0.2) is 95.0 Å². The molecule has 2 N–H and O–H groups in total. The molecule has 0 spiro atoms. The highest BCUT2D eigenvalue weighted by atomic mass is 32.2. The topological polar surface area (TPSA) is 151 Å². The minimum absolute atomic E-state index is 0.0658. The van der Waals surface area contributed by atoms with Crippen LogP contribution in [0, 0.1) is 0 Å². The zero-order valence-corrected chi connectivity index (χ0v) is 26.3. The van der Waals surface area contributed by atoms with Crippen LogP contribution in [0.3, 0.4) is 0 Å². The molecule has 4 aromatic rings. The van der Waals surface area contributed by atoms with Gasteiger partial charge in [0.15, 0.2) is 0 Å². The number of methoxy groups -OCH3 is 2. The molecule has 46 heavy (non-hydrogen) atoms. The molecule has 0 fully saturated rings. The van der Waals surface area contributed by atoms with Crippen molar-refractivity contribution in [3.8, 4) is 12.0 Å². The highest BCUT2D eigenvalue weighted by Crippen LogP contribution is 2.30. The zero-order chi connectivity index (χ0) is 32.6. The first-order valence-electron chi connectivity index (χ1n) is 14.5. The molecule has 1 aromatic heterocycles. The molecular weight excluding hydrogens is 610 g/mol. The molecule has 240 valence electrons. The lowest BCUT2D eigenvalue weighted by Crippen LogP contribution is -2.42. The fourth-order valence-electron chi connectivity index (χ4n) is 4.14. The fraction of sp³-hybridized carbons (Fsp3) is 0.273. The lowest BCUT2D eigenvalue weighted by atomic mass is 10.1. The first-order chi connectivity index (χ1) is 22.4. The molecule has 1 heterocycles. The third kappa shape index (κ3) is 10.8. The van der Waals surface area contributed by atoms with Crippen molar-refractivity contribution in [2.45, 2.75) is 48.6 Å². The van der Waals surface area contributed by atoms with Gasteiger partial charge in [-0.15, -0.1) is 4.98 Å². The van der Waals surface area contributed by atoms with E-state index in [0.29, 0.717) is 29.8 Å². The van der Waals surface area contributed by atoms with Crippen molar-refractivity contribution in [1.82, 2.24) is 25.6 Å². The number of alkyl carbamates (subject to hydrolysis) is 1. The van der Waals surface area contributed by atoms with Gasteiger partial charge in [0.25, 0.3) is 5.91 Å². The maximum absolute atomic E-state index is 13.5. The number of carbonyl (C=O) groups is 3. The van der Waals surface area contributed by atoms with Crippen molar-refractivity contribution in [3.05, 3.63) is 102 Å². The minimum Gasteiger partial charge on any atom is -0.467 e. The van der Waals surface area contributed by atoms with E-state index in [1.165, 1.54) is 14.2 Å². The highest BCUT2D eigenvalue weighted by Gasteiger charge is 2.24. The molecule has 1 atom stereocenters. The summed E-state index contributed by atoms with van der Waals surface area (Å²) in [6, 6.07) is 24.7. The van der Waals surface area contributed by atoms with Crippen LogP contribution in [0.2, 0.25) is 0 Å². The van der Waals surface area contributed by atoms with Crippen molar-refractivity contribution in [1.29, 1.82) is 0 Å². The second-order valence-electron chi connectivity index (χ2n) is 9.79. The Morgan fingerprint density at radius 1 is 0.739 bits per heavy atom. The number of carbonyl (C=O) groups excluding carboxylic acids is 3. The highest BCUT2D eigenvalue weighted by molar-refractivity contribution is 7.99. The average Bonchev–Trinajstić information content (AvgIpc) is 3.09. The Morgan fingerprint density at radius 2 is 1.33 bits per heavy atom. The van der Waals surface area contributed by atoms with Gasteiger partial charge in [0.05, 0.1) is 19.8 Å². The van der Waals surface area contributed by atoms with E-state index in [-0.39, 0.29) is 36.8 Å². The maximum atomic E-state index is 13.5. The van der Waals surface area contributed by atoms with Crippen LogP contribution in [0.1, 0.15) is 40.7 Å². The third-order valence-corrected chi connectivity index (χ3v) is 7.43. The molecule has 13 heteroatoms. The zero-order valence-electron chi connectivity index (χ0n) is 25.5. The molecule has 0 aliphatic carbocycles. The van der Waals surface area contributed by atoms with Gasteiger partial charge in [-0.3, -0.25) is 4.79 Å². The van der Waals surface area contributed by atoms with E-state index in [9.17, 15) is 14.4 Å². The van der Waals surface area contributed by atoms with E-state index in [1.807, 2.05) is 60.7 Å². The summed E-state index contributed by atoms with van der Waals surface area (Å²) in [5, 5.41) is 5.81. The summed E-state index contributed by atoms with van der Waals surface area (Å²) < 4.78 is 21.1. The minimum atomic E-state index is -0.934. The SMILES string of the molecule is COc1nc(OC)nc(Sc2ccccc2C(=O)N[C@@H](CCCCNC(=O)OCc2ccccc2)C(=O)OCc2ccccc2)n1. The van der Waals surface area contributed by atoms with Crippen LogP contribution in [-0.4, -0.2) is 59.7 Å². The molecule has 0 aliphatic rings. The summed E-state index contributed by atoms with van der Waals surface area (Å²) >= 11 is 1.12. The van der Waals surface area contributed by atoms with Crippen molar-refractivity contribution >= 4 is 29.7 Å². The number of ether oxygens (including phenoxy) is 4. The van der Waals surface area contributed by atoms with E-state index >= 15 is 0 Å². The van der Waals surface area contributed by atoms with E-state index in [4.69, 9.17) is 18.9 Å². The number of nitrogens with zero attached hydrogens (tertiary/aromatic N) is 3. The molecular formula is C33H35N5O7S. The van der Waals surface area contributed by atoms with Crippen LogP contribution in [0.5, 0.6) is 12.0 Å². The molecule has 0 aliphatic heterocycles. The van der Waals surface area contributed by atoms with Crippen molar-refractivity contribution < 1.29 is 33.3 Å². The van der Waals surface area contributed by atoms with Crippen molar-refractivity contribution in [2.75, 3.05) is 20.8 Å². The molecule has 0 radical (unpaired) electrons. The molecule has 12 nitrogen and oxygen atoms in total. The number of esters is 1. The van der Waals surface area contributed by atoms with Crippen LogP contribution in [0.25, 0.3) is 0 Å². The molecule has 0 bridgehead atoms. The van der Waals surface area contributed by atoms with E-state index in [1.54, 1.807) is 24.3 Å². The summed E-state index contributed by atoms with van der Waals surface area (Å²) in [5.41, 5.74) is 2.02. The van der Waals surface area contributed by atoms with E-state index < -0.39 is 24.0 Å². The molecule has 0 saturated carbocycles. The van der Waals surface area contributed by atoms with Gasteiger partial charge in [-0.05, 0) is 54.3 Å². The first-order valence-corrected chi connectivity index (χ1v) is 15.3. The van der Waals surface area contributed by atoms with Gasteiger partial charge in [-0.25, -0.2) is 9.59 Å². The lowest BCUT2D eigenvalue weighted by molar-refractivity contribution is -0.147. The Kier molecular flexibility index (Phi) is 13.2. The van der Waals surface area contributed by atoms with Crippen LogP contribution >= 0.6 is 11.8 Å². The second-order valence-corrected chi connectivity index (χ2v) is 10.8. The maximum Gasteiger partial charge on any atom is 0.407 e. The lowest BCUT2D eigenvalue weighted by Gasteiger charge is -2.19. The van der Waals surface area contributed by atoms with Gasteiger partial charge in [-0.2, -0.15) is 9.97 Å². The van der Waals surface area contributed by atoms with Crippen LogP contribution in [-0.2, 0) is 27.5 Å². The number of hydrogen-bond acceptors (Lipinski definition) is 11. The summed E-state index contributed by atoms with van der Waals surface area (Å²) in [4.78, 5) is 51.8. The fourth-order valence-corrected chi connectivity index (χ4v) is 5.00. The van der Waals surface area contributed by atoms with Gasteiger partial charge < -0.3 is 29.6 Å². The largest absolute Gasteiger partial charge is 0.467 e. The predicted octanol–water partition coefficient (Wildman–Crippen LogP) is 4.98. The van der Waals surface area contributed by atoms with Gasteiger partial charge in [-0.1, -0.05) is 72.8 Å². The smallest absolute Gasteiger partial charge is 0.407 e. The number of rotatable bonds is 16. The Hall–Kier alpha value is -5.17. The molecule has 4 rings (SSSR count). The predicted molar refractivity (Wildman–Crippen MR) is 169 cm³/mol. The Balaban J connectivity index is 1.37. The average molecular weight is 646 g/mol. The third-order valence-electron chi connectivity index (χ3n) is 6.49. The summed E-state index contributed by atoms with van der Waals surface area (Å²) in [5.74, 6) is -1.04. The summed E-state index contributed by atoms with van der Waals surface area (Å²) in [6.45, 7) is 0.574. The number of unbranched alkanes of at least 4 members (excludes halogenated alkanes) is 1. The van der Waals surface area contributed by atoms with Gasteiger partial charge in [0.1, 0.15) is 19.3 Å². The molecule has 3 aromatic carbocycles. The van der Waals surface area contributed by atoms with E-state index in [0.717, 1.165) is 22.9 Å². The van der Waals surface area contributed by atoms with Gasteiger partial charge in [0, 0.05) is 11.4 Å². The molecule has 0 saturated heterocycles. The Labute approximate surface area is 271 Å². The van der Waals surface area contributed by atoms with Crippen LogP contribution < -0.4 is 20.1 Å². The number of benzene rings is 3. The summed E-state index contributed by atoms with van der Waals surface area (Å²) in [7, 11) is 2.85. The normalized spacial score (nSPS) is 11.2. The molecule has 2 amide bonds. The first kappa shape index (κ1) is 33.7. The van der Waals surface area contributed by atoms with Gasteiger partial charge in [0.2, 0.25) is 5.16 Å². The van der Waals surface area contributed by atoms with Gasteiger partial charge >= 0.3 is 24.1 Å². The number of aromatic nitrogens is 3. The van der Waals surface area contributed by atoms with Crippen molar-refractivity contribution in [2.24, 2.45) is 0 Å². The standard InChI is InChI=1S/C33H35N5O7S/c1-42-30-36-31(43-2)38-32(37-30)46-27-19-10-9-17-25(27)28(39)35-26(29(40)44-21-23-13-5-3-6-14-23)18-11-12-20-34-33(41)45-22-24-15-7-4-8-16-24/h3-10,13-17,19,26H,11-12,18,20-22H2,1-2H3,(H,34,41)(H,35,39)/t26-/m0/s1. The van der Waals surface area contributed by atoms with Crippen LogP contribution in [0.4, 0.5) is 4.79 Å². The summed E-state index contributed by atoms with van der Waals surface area (Å²) in [6.07, 6.45) is 0.829. The molecule has 0 unspecified atom stereocenters.